The minimum absolute atomic E-state index is 0.113. The Hall–Kier alpha value is -1.03. The number of carbonyl (C=O) groups excluding carboxylic acids is 1. The third-order valence-corrected chi connectivity index (χ3v) is 3.04. The molecule has 0 saturated heterocycles. The van der Waals surface area contributed by atoms with Crippen LogP contribution in [-0.4, -0.2) is 18.0 Å². The number of nitrogens with zero attached hydrogens (tertiary/aromatic N) is 1. The van der Waals surface area contributed by atoms with Crippen LogP contribution in [0.15, 0.2) is 22.7 Å². The first-order chi connectivity index (χ1) is 7.39. The van der Waals surface area contributed by atoms with Crippen molar-refractivity contribution in [2.45, 2.75) is 26.3 Å². The summed E-state index contributed by atoms with van der Waals surface area (Å²) in [5, 5.41) is 3.13. The first kappa shape index (κ1) is 11.5. The molecule has 0 aliphatic carbocycles. The summed E-state index contributed by atoms with van der Waals surface area (Å²) in [6.45, 7) is 6.49. The smallest absolute Gasteiger partial charge is 0.246 e. The van der Waals surface area contributed by atoms with Gasteiger partial charge in [0.05, 0.1) is 17.9 Å². The second-order valence-corrected chi connectivity index (χ2v) is 5.83. The van der Waals surface area contributed by atoms with Crippen molar-refractivity contribution in [3.8, 4) is 0 Å². The van der Waals surface area contributed by atoms with E-state index in [1.165, 1.54) is 0 Å². The van der Waals surface area contributed by atoms with Gasteiger partial charge in [-0.15, -0.1) is 0 Å². The van der Waals surface area contributed by atoms with Crippen LogP contribution >= 0.6 is 15.9 Å². The van der Waals surface area contributed by atoms with E-state index < -0.39 is 0 Å². The molecule has 0 spiro atoms. The number of hydrogen-bond acceptors (Lipinski definition) is 2. The molecule has 1 aliphatic rings. The largest absolute Gasteiger partial charge is 0.374 e. The molecule has 16 heavy (non-hydrogen) atoms. The first-order valence-electron chi connectivity index (χ1n) is 5.26. The molecule has 1 N–H and O–H groups in total. The van der Waals surface area contributed by atoms with Crippen LogP contribution in [0, 0.1) is 0 Å². The van der Waals surface area contributed by atoms with Crippen molar-refractivity contribution in [3.05, 3.63) is 22.7 Å². The van der Waals surface area contributed by atoms with Crippen LogP contribution in [-0.2, 0) is 4.79 Å². The van der Waals surface area contributed by atoms with Crippen molar-refractivity contribution < 1.29 is 4.79 Å². The average molecular weight is 283 g/mol. The van der Waals surface area contributed by atoms with Gasteiger partial charge in [0.2, 0.25) is 5.91 Å². The first-order valence-corrected chi connectivity index (χ1v) is 6.05. The predicted molar refractivity (Wildman–Crippen MR) is 69.9 cm³/mol. The number of nitrogens with one attached hydrogen (secondary N) is 1. The van der Waals surface area contributed by atoms with Crippen molar-refractivity contribution in [2.24, 2.45) is 0 Å². The van der Waals surface area contributed by atoms with Gasteiger partial charge in [-0.3, -0.25) is 4.79 Å². The number of anilines is 2. The summed E-state index contributed by atoms with van der Waals surface area (Å²) >= 11 is 3.43. The van der Waals surface area contributed by atoms with Gasteiger partial charge in [-0.25, -0.2) is 0 Å². The molecule has 0 fully saturated rings. The lowest BCUT2D eigenvalue weighted by Gasteiger charge is -2.40. The van der Waals surface area contributed by atoms with Crippen molar-refractivity contribution in [1.29, 1.82) is 0 Å². The van der Waals surface area contributed by atoms with Crippen molar-refractivity contribution in [2.75, 3.05) is 16.8 Å². The Morgan fingerprint density at radius 2 is 2.06 bits per heavy atom. The van der Waals surface area contributed by atoms with Crippen LogP contribution in [0.3, 0.4) is 0 Å². The normalized spacial score (nSPS) is 15.8. The van der Waals surface area contributed by atoms with E-state index in [0.29, 0.717) is 6.54 Å². The van der Waals surface area contributed by atoms with Gasteiger partial charge >= 0.3 is 0 Å². The highest BCUT2D eigenvalue weighted by Crippen LogP contribution is 2.35. The van der Waals surface area contributed by atoms with Crippen LogP contribution in [0.2, 0.25) is 0 Å². The summed E-state index contributed by atoms with van der Waals surface area (Å²) in [5.41, 5.74) is 1.76. The van der Waals surface area contributed by atoms with Gasteiger partial charge in [-0.05, 0) is 39.0 Å². The molecule has 4 heteroatoms. The number of rotatable bonds is 0. The third-order valence-electron chi connectivity index (χ3n) is 2.55. The van der Waals surface area contributed by atoms with Crippen molar-refractivity contribution in [3.63, 3.8) is 0 Å². The standard InChI is InChI=1S/C12H15BrN2O/c1-12(2,3)15-10-5-4-8(13)6-9(10)14-7-11(15)16/h4-6,14H,7H2,1-3H3. The van der Waals surface area contributed by atoms with Crippen LogP contribution in [0.5, 0.6) is 0 Å². The van der Waals surface area contributed by atoms with E-state index in [0.717, 1.165) is 15.8 Å². The molecule has 0 aromatic heterocycles. The molecule has 1 aliphatic heterocycles. The van der Waals surface area contributed by atoms with Gasteiger partial charge in [0, 0.05) is 10.0 Å². The van der Waals surface area contributed by atoms with E-state index in [4.69, 9.17) is 0 Å². The highest BCUT2D eigenvalue weighted by Gasteiger charge is 2.32. The van der Waals surface area contributed by atoms with Gasteiger partial charge in [-0.2, -0.15) is 0 Å². The van der Waals surface area contributed by atoms with E-state index in [1.54, 1.807) is 0 Å². The summed E-state index contributed by atoms with van der Waals surface area (Å²) in [4.78, 5) is 13.8. The lowest BCUT2D eigenvalue weighted by molar-refractivity contribution is -0.118. The fraction of sp³-hybridized carbons (Fsp3) is 0.417. The Bertz CT molecular complexity index is 437. The Balaban J connectivity index is 2.53. The van der Waals surface area contributed by atoms with Gasteiger partial charge in [0.1, 0.15) is 0 Å². The van der Waals surface area contributed by atoms with Crippen molar-refractivity contribution in [1.82, 2.24) is 0 Å². The number of amides is 1. The maximum Gasteiger partial charge on any atom is 0.246 e. The van der Waals surface area contributed by atoms with Gasteiger partial charge < -0.3 is 10.2 Å². The fourth-order valence-corrected chi connectivity index (χ4v) is 2.33. The zero-order valence-electron chi connectivity index (χ0n) is 9.67. The summed E-state index contributed by atoms with van der Waals surface area (Å²) in [5.74, 6) is 0.113. The molecule has 2 rings (SSSR count). The second kappa shape index (κ2) is 3.77. The Morgan fingerprint density at radius 3 is 2.69 bits per heavy atom. The van der Waals surface area contributed by atoms with E-state index >= 15 is 0 Å². The second-order valence-electron chi connectivity index (χ2n) is 4.91. The summed E-state index contributed by atoms with van der Waals surface area (Å²) < 4.78 is 1.02. The molecule has 1 amide bonds. The Labute approximate surface area is 104 Å². The quantitative estimate of drug-likeness (QED) is 0.793. The number of carbonyl (C=O) groups is 1. The van der Waals surface area contributed by atoms with E-state index in [-0.39, 0.29) is 11.4 Å². The monoisotopic (exact) mass is 282 g/mol. The highest BCUT2D eigenvalue weighted by molar-refractivity contribution is 9.10. The minimum atomic E-state index is -0.193. The van der Waals surface area contributed by atoms with E-state index in [2.05, 4.69) is 21.2 Å². The molecule has 0 radical (unpaired) electrons. The zero-order chi connectivity index (χ0) is 11.9. The van der Waals surface area contributed by atoms with Gasteiger partial charge in [0.15, 0.2) is 0 Å². The van der Waals surface area contributed by atoms with E-state index in [1.807, 2.05) is 43.9 Å². The highest BCUT2D eigenvalue weighted by atomic mass is 79.9. The molecular formula is C12H15BrN2O. The minimum Gasteiger partial charge on any atom is -0.374 e. The van der Waals surface area contributed by atoms with Crippen LogP contribution < -0.4 is 10.2 Å². The molecule has 0 unspecified atom stereocenters. The average Bonchev–Trinajstić information content (AvgIpc) is 2.16. The molecule has 1 heterocycles. The maximum absolute atomic E-state index is 11.9. The number of fused-ring (bicyclic) bond motifs is 1. The fourth-order valence-electron chi connectivity index (χ4n) is 1.96. The Kier molecular flexibility index (Phi) is 2.70. The molecule has 1 aromatic carbocycles. The predicted octanol–water partition coefficient (Wildman–Crippen LogP) is 3.01. The number of hydrogen-bond donors (Lipinski definition) is 1. The molecular weight excluding hydrogens is 268 g/mol. The zero-order valence-corrected chi connectivity index (χ0v) is 11.3. The molecule has 0 atom stereocenters. The van der Waals surface area contributed by atoms with Gasteiger partial charge in [0.25, 0.3) is 0 Å². The molecule has 0 bridgehead atoms. The molecule has 1 aromatic rings. The lowest BCUT2D eigenvalue weighted by Crippen LogP contribution is -2.50. The lowest BCUT2D eigenvalue weighted by atomic mass is 10.0. The third kappa shape index (κ3) is 1.94. The van der Waals surface area contributed by atoms with Crippen LogP contribution in [0.25, 0.3) is 0 Å². The number of halogens is 1. The number of benzene rings is 1. The molecule has 3 nitrogen and oxygen atoms in total. The summed E-state index contributed by atoms with van der Waals surface area (Å²) in [6, 6.07) is 5.92. The van der Waals surface area contributed by atoms with Crippen molar-refractivity contribution >= 4 is 33.2 Å². The maximum atomic E-state index is 11.9. The summed E-state index contributed by atoms with van der Waals surface area (Å²) in [7, 11) is 0. The summed E-state index contributed by atoms with van der Waals surface area (Å²) in [6.07, 6.45) is 0. The Morgan fingerprint density at radius 1 is 1.38 bits per heavy atom. The SMILES string of the molecule is CC(C)(C)N1C(=O)CNc2cc(Br)ccc21. The topological polar surface area (TPSA) is 32.3 Å². The van der Waals surface area contributed by atoms with Crippen LogP contribution in [0.1, 0.15) is 20.8 Å². The van der Waals surface area contributed by atoms with Crippen LogP contribution in [0.4, 0.5) is 11.4 Å². The van der Waals surface area contributed by atoms with Gasteiger partial charge in [-0.1, -0.05) is 15.9 Å². The molecule has 86 valence electrons. The van der Waals surface area contributed by atoms with E-state index in [9.17, 15) is 4.79 Å². The molecule has 0 saturated carbocycles.